The molecule has 2 atom stereocenters. The van der Waals surface area contributed by atoms with Crippen LogP contribution in [0.4, 0.5) is 22.7 Å². The minimum Gasteiger partial charge on any atom is -0.372 e. The summed E-state index contributed by atoms with van der Waals surface area (Å²) in [5.74, 6) is -1.36. The highest BCUT2D eigenvalue weighted by atomic mass is 35.5. The van der Waals surface area contributed by atoms with Gasteiger partial charge in [0, 0.05) is 106 Å². The third kappa shape index (κ3) is 6.95. The molecule has 1 spiro atoms. The highest BCUT2D eigenvalue weighted by Gasteiger charge is 2.45. The zero-order valence-electron chi connectivity index (χ0n) is 32.0. The van der Waals surface area contributed by atoms with Crippen molar-refractivity contribution in [1.82, 2.24) is 14.7 Å². The maximum atomic E-state index is 13.6. The molecule has 3 aromatic carbocycles. The van der Waals surface area contributed by atoms with Crippen LogP contribution in [0.25, 0.3) is 4.85 Å². The molecule has 1 saturated carbocycles. The van der Waals surface area contributed by atoms with Gasteiger partial charge in [0.25, 0.3) is 17.7 Å². The molecule has 294 valence electrons. The fourth-order valence-corrected chi connectivity index (χ4v) is 10.2. The first kappa shape index (κ1) is 37.3. The molecule has 57 heavy (non-hydrogen) atoms. The third-order valence-electron chi connectivity index (χ3n) is 13.5. The van der Waals surface area contributed by atoms with Crippen molar-refractivity contribution in [3.05, 3.63) is 93.8 Å². The van der Waals surface area contributed by atoms with Crippen molar-refractivity contribution in [3.63, 3.8) is 0 Å². The van der Waals surface area contributed by atoms with E-state index in [4.69, 9.17) is 18.2 Å². The number of nitrogens with zero attached hydrogens (tertiary/aromatic N) is 7. The van der Waals surface area contributed by atoms with Gasteiger partial charge >= 0.3 is 0 Å². The molecule has 3 amide bonds. The molecule has 1 aliphatic carbocycles. The van der Waals surface area contributed by atoms with Crippen molar-refractivity contribution < 1.29 is 24.0 Å². The number of imide groups is 1. The van der Waals surface area contributed by atoms with E-state index in [9.17, 15) is 24.0 Å². The molecular weight excluding hydrogens is 742 g/mol. The van der Waals surface area contributed by atoms with Crippen molar-refractivity contribution in [2.24, 2.45) is 5.41 Å². The SMILES string of the molecule is [C-]#[N+]c1ccc(N2CCC3(CC2)CCN(c2ccc(C(=O)N4CCN(C5CCN(c6ccc7c(c6)C(=O)N(C6CCC(=O)CC6=O)C7=O)C5)CC4)cc2)C3)cc1Cl. The van der Waals surface area contributed by atoms with Gasteiger partial charge in [-0.3, -0.25) is 33.8 Å². The first-order valence-corrected chi connectivity index (χ1v) is 20.6. The molecule has 13 heteroatoms. The van der Waals surface area contributed by atoms with Gasteiger partial charge in [0.2, 0.25) is 5.69 Å². The number of rotatable bonds is 6. The summed E-state index contributed by atoms with van der Waals surface area (Å²) in [7, 11) is 0. The highest BCUT2D eigenvalue weighted by Crippen LogP contribution is 2.43. The normalized spacial score (nSPS) is 23.8. The lowest BCUT2D eigenvalue weighted by molar-refractivity contribution is -0.132. The van der Waals surface area contributed by atoms with Crippen LogP contribution < -0.4 is 14.7 Å². The number of halogens is 1. The standard InChI is InChI=1S/C44H46ClN7O5/c1-46-38-10-7-32(25-37(38)45)47-17-13-44(14-18-47)15-19-51(28-44)30-4-2-29(3-5-30)41(55)49-22-20-48(21-23-49)33-12-16-50(27-33)31-6-9-35-36(24-31)43(57)52(42(35)56)39-11-8-34(53)26-40(39)54/h2-7,9-10,24-25,33,39H,8,11-23,26-28H2. The number of hydrogen-bond donors (Lipinski definition) is 0. The number of amides is 3. The van der Waals surface area contributed by atoms with E-state index in [0.717, 1.165) is 100 Å². The number of benzene rings is 3. The Kier molecular flexibility index (Phi) is 9.77. The second-order valence-corrected chi connectivity index (χ2v) is 17.0. The number of fused-ring (bicyclic) bond motifs is 1. The Bertz CT molecular complexity index is 2190. The molecule has 0 radical (unpaired) electrons. The van der Waals surface area contributed by atoms with Crippen LogP contribution in [-0.4, -0.2) is 122 Å². The van der Waals surface area contributed by atoms with E-state index in [0.29, 0.717) is 46.5 Å². The monoisotopic (exact) mass is 787 g/mol. The van der Waals surface area contributed by atoms with E-state index in [2.05, 4.69) is 36.6 Å². The van der Waals surface area contributed by atoms with Gasteiger partial charge in [-0.05, 0) is 92.1 Å². The number of carbonyl (C=O) groups is 5. The van der Waals surface area contributed by atoms with Gasteiger partial charge in [0.1, 0.15) is 5.78 Å². The van der Waals surface area contributed by atoms with Crippen molar-refractivity contribution in [3.8, 4) is 0 Å². The first-order chi connectivity index (χ1) is 27.6. The summed E-state index contributed by atoms with van der Waals surface area (Å²) in [5.41, 5.74) is 5.24. The van der Waals surface area contributed by atoms with E-state index < -0.39 is 17.9 Å². The van der Waals surface area contributed by atoms with Crippen molar-refractivity contribution >= 4 is 63.6 Å². The zero-order chi connectivity index (χ0) is 39.4. The van der Waals surface area contributed by atoms with Crippen LogP contribution in [-0.2, 0) is 9.59 Å². The molecule has 9 rings (SSSR count). The largest absolute Gasteiger partial charge is 0.372 e. The molecule has 0 bridgehead atoms. The van der Waals surface area contributed by atoms with Gasteiger partial charge in [-0.15, -0.1) is 0 Å². The highest BCUT2D eigenvalue weighted by molar-refractivity contribution is 6.33. The number of piperidine rings is 1. The Labute approximate surface area is 337 Å². The second kappa shape index (κ2) is 14.9. The molecular formula is C44H46ClN7O5. The molecule has 5 aliphatic heterocycles. The zero-order valence-corrected chi connectivity index (χ0v) is 32.8. The van der Waals surface area contributed by atoms with E-state index in [-0.39, 0.29) is 42.2 Å². The van der Waals surface area contributed by atoms with E-state index in [1.165, 1.54) is 0 Å². The van der Waals surface area contributed by atoms with Crippen molar-refractivity contribution in [2.45, 2.75) is 57.0 Å². The summed E-state index contributed by atoms with van der Waals surface area (Å²) in [5, 5.41) is 0.510. The van der Waals surface area contributed by atoms with Crippen molar-refractivity contribution in [1.29, 1.82) is 0 Å². The summed E-state index contributed by atoms with van der Waals surface area (Å²) in [6, 6.07) is 18.7. The lowest BCUT2D eigenvalue weighted by Gasteiger charge is -2.40. The van der Waals surface area contributed by atoms with Gasteiger partial charge in [-0.1, -0.05) is 17.7 Å². The van der Waals surface area contributed by atoms with Crippen LogP contribution in [0.2, 0.25) is 5.02 Å². The average Bonchev–Trinajstić information content (AvgIpc) is 3.95. The molecule has 0 aromatic heterocycles. The summed E-state index contributed by atoms with van der Waals surface area (Å²) in [6.45, 7) is 15.7. The Morgan fingerprint density at radius 1 is 0.719 bits per heavy atom. The van der Waals surface area contributed by atoms with Crippen LogP contribution in [0.5, 0.6) is 0 Å². The smallest absolute Gasteiger partial charge is 0.262 e. The molecule has 2 unspecified atom stereocenters. The van der Waals surface area contributed by atoms with Gasteiger partial charge in [-0.2, -0.15) is 0 Å². The number of carbonyl (C=O) groups excluding carboxylic acids is 5. The lowest BCUT2D eigenvalue weighted by atomic mass is 9.77. The summed E-state index contributed by atoms with van der Waals surface area (Å²) >= 11 is 6.32. The van der Waals surface area contributed by atoms with Gasteiger partial charge in [-0.25, -0.2) is 4.85 Å². The number of ketones is 2. The topological polar surface area (TPSA) is 109 Å². The quantitative estimate of drug-likeness (QED) is 0.176. The van der Waals surface area contributed by atoms with Gasteiger partial charge in [0.05, 0.1) is 30.2 Å². The summed E-state index contributed by atoms with van der Waals surface area (Å²) < 4.78 is 0. The van der Waals surface area contributed by atoms with E-state index in [1.807, 2.05) is 41.3 Å². The van der Waals surface area contributed by atoms with Crippen LogP contribution in [0.15, 0.2) is 60.7 Å². The predicted molar refractivity (Wildman–Crippen MR) is 218 cm³/mol. The molecule has 3 aromatic rings. The fraction of sp³-hybridized carbons (Fsp3) is 0.455. The van der Waals surface area contributed by atoms with E-state index >= 15 is 0 Å². The Balaban J connectivity index is 0.751. The Morgan fingerprint density at radius 2 is 1.39 bits per heavy atom. The molecule has 5 heterocycles. The van der Waals surface area contributed by atoms with Gasteiger partial charge < -0.3 is 19.6 Å². The van der Waals surface area contributed by atoms with Crippen LogP contribution in [0.3, 0.4) is 0 Å². The Hall–Kier alpha value is -5.25. The molecule has 0 N–H and O–H groups in total. The first-order valence-electron chi connectivity index (χ1n) is 20.2. The summed E-state index contributed by atoms with van der Waals surface area (Å²) in [4.78, 5) is 80.6. The summed E-state index contributed by atoms with van der Waals surface area (Å²) in [6.07, 6.45) is 4.49. The van der Waals surface area contributed by atoms with Crippen LogP contribution in [0.1, 0.15) is 76.0 Å². The molecule has 12 nitrogen and oxygen atoms in total. The third-order valence-corrected chi connectivity index (χ3v) is 13.8. The lowest BCUT2D eigenvalue weighted by Crippen LogP contribution is -2.52. The minimum absolute atomic E-state index is 0.0666. The fourth-order valence-electron chi connectivity index (χ4n) is 10.0. The Morgan fingerprint density at radius 3 is 2.09 bits per heavy atom. The molecule has 4 saturated heterocycles. The number of Topliss-reactive ketones (excluding diaryl/α,β-unsaturated/α-hetero) is 2. The predicted octanol–water partition coefficient (Wildman–Crippen LogP) is 5.71. The van der Waals surface area contributed by atoms with E-state index in [1.54, 1.807) is 12.1 Å². The molecule has 6 aliphatic rings. The van der Waals surface area contributed by atoms with Crippen molar-refractivity contribution in [2.75, 3.05) is 80.1 Å². The maximum absolute atomic E-state index is 13.6. The number of anilines is 3. The van der Waals surface area contributed by atoms with Gasteiger partial charge in [0.15, 0.2) is 5.78 Å². The van der Waals surface area contributed by atoms with Crippen LogP contribution >= 0.6 is 11.6 Å². The van der Waals surface area contributed by atoms with Crippen LogP contribution in [0, 0.1) is 12.0 Å². The number of hydrogen-bond acceptors (Lipinski definition) is 9. The minimum atomic E-state index is -0.873. The molecule has 5 fully saturated rings. The maximum Gasteiger partial charge on any atom is 0.262 e. The number of piperazine rings is 1. The average molecular weight is 788 g/mol. The second-order valence-electron chi connectivity index (χ2n) is 16.6.